The average Bonchev–Trinajstić information content (AvgIpc) is 1.65. The van der Waals surface area contributed by atoms with Crippen LogP contribution in [-0.2, 0) is 0 Å². The zero-order valence-corrected chi connectivity index (χ0v) is 3.95. The second-order valence-corrected chi connectivity index (χ2v) is 1.24. The maximum absolute atomic E-state index is 11.5. The molecular formula is C3H6ClFO. The van der Waals surface area contributed by atoms with Crippen LogP contribution in [0.3, 0.4) is 0 Å². The molecule has 0 heterocycles. The second kappa shape index (κ2) is 3.37. The lowest BCUT2D eigenvalue weighted by molar-refractivity contribution is 0.193. The van der Waals surface area contributed by atoms with Gasteiger partial charge in [0.05, 0.1) is 12.5 Å². The molecule has 6 heavy (non-hydrogen) atoms. The summed E-state index contributed by atoms with van der Waals surface area (Å²) in [7, 11) is 0. The molecule has 0 aliphatic rings. The average molecular weight is 113 g/mol. The highest BCUT2D eigenvalue weighted by atomic mass is 35.5. The van der Waals surface area contributed by atoms with E-state index in [1.54, 1.807) is 0 Å². The summed E-state index contributed by atoms with van der Waals surface area (Å²) in [5.74, 6) is -0.115. The van der Waals surface area contributed by atoms with Crippen LogP contribution in [0.2, 0.25) is 0 Å². The number of halogens is 2. The van der Waals surface area contributed by atoms with E-state index in [-0.39, 0.29) is 5.88 Å². The summed E-state index contributed by atoms with van der Waals surface area (Å²) in [6.07, 6.45) is -1.24. The molecule has 1 atom stereocenters. The predicted octanol–water partition coefficient (Wildman–Crippen LogP) is 0.556. The molecule has 0 aromatic heterocycles. The highest BCUT2D eigenvalue weighted by Crippen LogP contribution is 1.89. The lowest BCUT2D eigenvalue weighted by atomic mass is 10.5. The third kappa shape index (κ3) is 2.42. The molecule has 0 aromatic carbocycles. The van der Waals surface area contributed by atoms with E-state index < -0.39 is 12.8 Å². The molecule has 0 bridgehead atoms. The van der Waals surface area contributed by atoms with Crippen LogP contribution in [0.25, 0.3) is 0 Å². The first-order valence-corrected chi connectivity index (χ1v) is 2.15. The molecule has 1 nitrogen and oxygen atoms in total. The van der Waals surface area contributed by atoms with Gasteiger partial charge in [-0.2, -0.15) is 0 Å². The van der Waals surface area contributed by atoms with Crippen molar-refractivity contribution in [3.63, 3.8) is 0 Å². The minimum absolute atomic E-state index is 0.115. The van der Waals surface area contributed by atoms with Crippen molar-refractivity contribution in [2.75, 3.05) is 12.5 Å². The van der Waals surface area contributed by atoms with Gasteiger partial charge in [-0.3, -0.25) is 0 Å². The number of hydrogen-bond donors (Lipinski definition) is 1. The summed E-state index contributed by atoms with van der Waals surface area (Å²) in [6.45, 7) is -0.469. The van der Waals surface area contributed by atoms with Gasteiger partial charge in [0.15, 0.2) is 0 Å². The van der Waals surface area contributed by atoms with E-state index in [1.807, 2.05) is 0 Å². The van der Waals surface area contributed by atoms with Crippen molar-refractivity contribution in [2.24, 2.45) is 0 Å². The Labute approximate surface area is 40.7 Å². The molecule has 3 heteroatoms. The van der Waals surface area contributed by atoms with E-state index in [2.05, 4.69) is 0 Å². The molecule has 0 rings (SSSR count). The summed E-state index contributed by atoms with van der Waals surface area (Å²) in [5.41, 5.74) is 0. The Balaban J connectivity index is 2.75. The minimum atomic E-state index is -1.24. The zero-order chi connectivity index (χ0) is 4.99. The van der Waals surface area contributed by atoms with E-state index in [9.17, 15) is 4.39 Å². The topological polar surface area (TPSA) is 20.2 Å². The van der Waals surface area contributed by atoms with Gasteiger partial charge in [0.1, 0.15) is 6.17 Å². The predicted molar refractivity (Wildman–Crippen MR) is 22.7 cm³/mol. The zero-order valence-electron chi connectivity index (χ0n) is 3.19. The monoisotopic (exact) mass is 112 g/mol. The van der Waals surface area contributed by atoms with Crippen molar-refractivity contribution >= 4 is 11.6 Å². The van der Waals surface area contributed by atoms with Gasteiger partial charge < -0.3 is 5.11 Å². The van der Waals surface area contributed by atoms with Gasteiger partial charge in [0.25, 0.3) is 0 Å². The van der Waals surface area contributed by atoms with Crippen LogP contribution in [0.5, 0.6) is 0 Å². The van der Waals surface area contributed by atoms with Crippen molar-refractivity contribution in [1.82, 2.24) is 0 Å². The molecule has 0 unspecified atom stereocenters. The molecule has 0 saturated carbocycles. The fourth-order valence-corrected chi connectivity index (χ4v) is 0.146. The van der Waals surface area contributed by atoms with Gasteiger partial charge in [-0.05, 0) is 0 Å². The van der Waals surface area contributed by atoms with Crippen LogP contribution < -0.4 is 0 Å². The molecular weight excluding hydrogens is 106 g/mol. The quantitative estimate of drug-likeness (QED) is 0.518. The summed E-state index contributed by atoms with van der Waals surface area (Å²) < 4.78 is 11.5. The SMILES string of the molecule is OC[C@@H](F)CCl. The molecule has 0 amide bonds. The van der Waals surface area contributed by atoms with Gasteiger partial charge in [0, 0.05) is 0 Å². The number of rotatable bonds is 2. The number of hydrogen-bond acceptors (Lipinski definition) is 1. The maximum Gasteiger partial charge on any atom is 0.136 e. The smallest absolute Gasteiger partial charge is 0.136 e. The molecule has 1 N–H and O–H groups in total. The van der Waals surface area contributed by atoms with Crippen LogP contribution in [0.1, 0.15) is 0 Å². The van der Waals surface area contributed by atoms with Gasteiger partial charge in [0.2, 0.25) is 0 Å². The fraction of sp³-hybridized carbons (Fsp3) is 1.00. The third-order valence-electron chi connectivity index (χ3n) is 0.366. The van der Waals surface area contributed by atoms with Crippen LogP contribution in [-0.4, -0.2) is 23.8 Å². The Morgan fingerprint density at radius 1 is 1.83 bits per heavy atom. The molecule has 0 aromatic rings. The highest BCUT2D eigenvalue weighted by Gasteiger charge is 1.97. The summed E-state index contributed by atoms with van der Waals surface area (Å²) in [6, 6.07) is 0. The molecule has 38 valence electrons. The Morgan fingerprint density at radius 2 is 2.33 bits per heavy atom. The molecule has 0 saturated heterocycles. The van der Waals surface area contributed by atoms with Crippen molar-refractivity contribution < 1.29 is 9.50 Å². The Morgan fingerprint density at radius 3 is 2.33 bits per heavy atom. The molecule has 0 fully saturated rings. The van der Waals surface area contributed by atoms with E-state index in [4.69, 9.17) is 16.7 Å². The van der Waals surface area contributed by atoms with Crippen molar-refractivity contribution in [1.29, 1.82) is 0 Å². The van der Waals surface area contributed by atoms with Crippen molar-refractivity contribution in [2.45, 2.75) is 6.17 Å². The van der Waals surface area contributed by atoms with Crippen molar-refractivity contribution in [3.8, 4) is 0 Å². The maximum atomic E-state index is 11.5. The largest absolute Gasteiger partial charge is 0.393 e. The highest BCUT2D eigenvalue weighted by molar-refractivity contribution is 6.18. The lowest BCUT2D eigenvalue weighted by Gasteiger charge is -1.92. The van der Waals surface area contributed by atoms with Crippen molar-refractivity contribution in [3.05, 3.63) is 0 Å². The Bertz CT molecular complexity index is 30.0. The first kappa shape index (κ1) is 6.18. The standard InChI is InChI=1S/C3H6ClFO/c4-1-3(5)2-6/h3,6H,1-2H2/t3-/m0/s1. The fourth-order valence-electron chi connectivity index (χ4n) is 0.0488. The number of aliphatic hydroxyl groups is 1. The minimum Gasteiger partial charge on any atom is -0.393 e. The normalized spacial score (nSPS) is 14.5. The summed E-state index contributed by atoms with van der Waals surface area (Å²) >= 11 is 4.92. The van der Waals surface area contributed by atoms with Gasteiger partial charge in [-0.1, -0.05) is 0 Å². The van der Waals surface area contributed by atoms with E-state index in [0.717, 1.165) is 0 Å². The van der Waals surface area contributed by atoms with Crippen LogP contribution in [0.15, 0.2) is 0 Å². The third-order valence-corrected chi connectivity index (χ3v) is 0.700. The van der Waals surface area contributed by atoms with Gasteiger partial charge in [-0.15, -0.1) is 11.6 Å². The number of aliphatic hydroxyl groups excluding tert-OH is 1. The van der Waals surface area contributed by atoms with Crippen LogP contribution in [0, 0.1) is 0 Å². The van der Waals surface area contributed by atoms with E-state index in [0.29, 0.717) is 0 Å². The summed E-state index contributed by atoms with van der Waals surface area (Å²) in [4.78, 5) is 0. The lowest BCUT2D eigenvalue weighted by Crippen LogP contribution is -2.06. The number of alkyl halides is 2. The Hall–Kier alpha value is 0.180. The first-order chi connectivity index (χ1) is 2.81. The van der Waals surface area contributed by atoms with E-state index in [1.165, 1.54) is 0 Å². The summed E-state index contributed by atoms with van der Waals surface area (Å²) in [5, 5.41) is 7.88. The first-order valence-electron chi connectivity index (χ1n) is 1.62. The second-order valence-electron chi connectivity index (χ2n) is 0.934. The molecule has 0 radical (unpaired) electrons. The molecule has 0 aliphatic heterocycles. The van der Waals surface area contributed by atoms with Crippen LogP contribution >= 0.6 is 11.6 Å². The molecule has 0 aliphatic carbocycles. The van der Waals surface area contributed by atoms with Gasteiger partial charge >= 0.3 is 0 Å². The molecule has 0 spiro atoms. The van der Waals surface area contributed by atoms with Gasteiger partial charge in [-0.25, -0.2) is 4.39 Å². The van der Waals surface area contributed by atoms with Crippen LogP contribution in [0.4, 0.5) is 4.39 Å². The van der Waals surface area contributed by atoms with E-state index >= 15 is 0 Å². The Kier molecular flexibility index (Phi) is 3.47.